The molecule has 98 valence electrons. The van der Waals surface area contributed by atoms with Crippen molar-refractivity contribution in [2.75, 3.05) is 6.54 Å². The molecule has 6 nitrogen and oxygen atoms in total. The summed E-state index contributed by atoms with van der Waals surface area (Å²) in [4.78, 5) is 0. The maximum absolute atomic E-state index is 11.9. The zero-order valence-corrected chi connectivity index (χ0v) is 11.1. The first-order valence-corrected chi connectivity index (χ1v) is 7.05. The lowest BCUT2D eigenvalue weighted by atomic mass is 10.1. The predicted octanol–water partition coefficient (Wildman–Crippen LogP) is 0.535. The molecule has 1 atom stereocenters. The Morgan fingerprint density at radius 2 is 2.18 bits per heavy atom. The first-order valence-electron chi connectivity index (χ1n) is 5.56. The standard InChI is InChI=1S/C10H19N3O3S/c1-4-7(2)5-11-17(15,16)10-9(6-14)8(3)12-13-10/h7,11,14H,4-6H2,1-3H3,(H,12,13). The molecule has 1 aromatic rings. The lowest BCUT2D eigenvalue weighted by Crippen LogP contribution is -2.29. The molecular weight excluding hydrogens is 242 g/mol. The first-order chi connectivity index (χ1) is 7.92. The summed E-state index contributed by atoms with van der Waals surface area (Å²) in [6.07, 6.45) is 0.898. The van der Waals surface area contributed by atoms with Crippen LogP contribution in [0.3, 0.4) is 0 Å². The van der Waals surface area contributed by atoms with Crippen LogP contribution in [0.15, 0.2) is 5.03 Å². The van der Waals surface area contributed by atoms with E-state index in [9.17, 15) is 8.42 Å². The van der Waals surface area contributed by atoms with Crippen LogP contribution < -0.4 is 4.72 Å². The Kier molecular flexibility index (Phi) is 4.67. The SMILES string of the molecule is CCC(C)CNS(=O)(=O)c1n[nH]c(C)c1CO. The van der Waals surface area contributed by atoms with Crippen LogP contribution in [-0.2, 0) is 16.6 Å². The van der Waals surface area contributed by atoms with E-state index in [0.717, 1.165) is 6.42 Å². The number of aromatic amines is 1. The van der Waals surface area contributed by atoms with Gasteiger partial charge in [0.1, 0.15) is 0 Å². The lowest BCUT2D eigenvalue weighted by molar-refractivity contribution is 0.277. The highest BCUT2D eigenvalue weighted by molar-refractivity contribution is 7.89. The summed E-state index contributed by atoms with van der Waals surface area (Å²) in [6, 6.07) is 0. The van der Waals surface area contributed by atoms with Crippen molar-refractivity contribution in [3.05, 3.63) is 11.3 Å². The molecule has 0 spiro atoms. The largest absolute Gasteiger partial charge is 0.392 e. The molecule has 0 saturated heterocycles. The third-order valence-corrected chi connectivity index (χ3v) is 4.16. The molecule has 0 aliphatic rings. The molecule has 1 heterocycles. The molecule has 0 fully saturated rings. The van der Waals surface area contributed by atoms with Gasteiger partial charge in [-0.1, -0.05) is 20.3 Å². The van der Waals surface area contributed by atoms with Gasteiger partial charge >= 0.3 is 0 Å². The van der Waals surface area contributed by atoms with Crippen molar-refractivity contribution in [1.29, 1.82) is 0 Å². The summed E-state index contributed by atoms with van der Waals surface area (Å²) in [5.74, 6) is 0.266. The van der Waals surface area contributed by atoms with Gasteiger partial charge in [0.25, 0.3) is 10.0 Å². The van der Waals surface area contributed by atoms with Crippen LogP contribution in [0.1, 0.15) is 31.5 Å². The van der Waals surface area contributed by atoms with Crippen molar-refractivity contribution in [2.45, 2.75) is 38.8 Å². The number of aromatic nitrogens is 2. The Balaban J connectivity index is 2.90. The second-order valence-electron chi connectivity index (χ2n) is 4.16. The molecule has 0 saturated carbocycles. The van der Waals surface area contributed by atoms with E-state index in [1.165, 1.54) is 0 Å². The van der Waals surface area contributed by atoms with Crippen LogP contribution >= 0.6 is 0 Å². The molecule has 0 aliphatic heterocycles. The Morgan fingerprint density at radius 1 is 1.53 bits per heavy atom. The number of aliphatic hydroxyl groups excluding tert-OH is 1. The first kappa shape index (κ1) is 14.1. The Labute approximate surface area is 101 Å². The van der Waals surface area contributed by atoms with Crippen molar-refractivity contribution in [3.8, 4) is 0 Å². The van der Waals surface area contributed by atoms with Gasteiger partial charge in [-0.15, -0.1) is 0 Å². The van der Waals surface area contributed by atoms with Crippen LogP contribution in [0.2, 0.25) is 0 Å². The summed E-state index contributed by atoms with van der Waals surface area (Å²) in [6.45, 7) is 5.66. The molecule has 0 radical (unpaired) electrons. The second kappa shape index (κ2) is 5.61. The van der Waals surface area contributed by atoms with E-state index in [1.807, 2.05) is 13.8 Å². The van der Waals surface area contributed by atoms with Crippen molar-refractivity contribution in [2.24, 2.45) is 5.92 Å². The normalized spacial score (nSPS) is 13.9. The number of H-pyrrole nitrogens is 1. The van der Waals surface area contributed by atoms with Crippen molar-refractivity contribution in [3.63, 3.8) is 0 Å². The number of aliphatic hydroxyl groups is 1. The summed E-state index contributed by atoms with van der Waals surface area (Å²) < 4.78 is 26.4. The highest BCUT2D eigenvalue weighted by Gasteiger charge is 2.23. The maximum atomic E-state index is 11.9. The minimum Gasteiger partial charge on any atom is -0.392 e. The van der Waals surface area contributed by atoms with Crippen LogP contribution in [-0.4, -0.2) is 30.3 Å². The lowest BCUT2D eigenvalue weighted by Gasteiger charge is -2.10. The third-order valence-electron chi connectivity index (χ3n) is 2.77. The average molecular weight is 261 g/mol. The van der Waals surface area contributed by atoms with E-state index in [0.29, 0.717) is 17.8 Å². The van der Waals surface area contributed by atoms with Gasteiger partial charge in [-0.05, 0) is 12.8 Å². The predicted molar refractivity (Wildman–Crippen MR) is 63.9 cm³/mol. The fourth-order valence-electron chi connectivity index (χ4n) is 1.30. The summed E-state index contributed by atoms with van der Waals surface area (Å²) in [5, 5.41) is 15.3. The van der Waals surface area contributed by atoms with E-state index in [4.69, 9.17) is 5.11 Å². The number of nitrogens with one attached hydrogen (secondary N) is 2. The summed E-state index contributed by atoms with van der Waals surface area (Å²) in [7, 11) is -3.64. The van der Waals surface area contributed by atoms with Gasteiger partial charge in [-0.3, -0.25) is 5.10 Å². The van der Waals surface area contributed by atoms with Gasteiger partial charge in [0.15, 0.2) is 5.03 Å². The minimum atomic E-state index is -3.64. The van der Waals surface area contributed by atoms with Gasteiger partial charge in [0.05, 0.1) is 6.61 Å². The van der Waals surface area contributed by atoms with Gasteiger partial charge < -0.3 is 5.11 Å². The third kappa shape index (κ3) is 3.27. The molecule has 0 aliphatic carbocycles. The van der Waals surface area contributed by atoms with Gasteiger partial charge in [-0.2, -0.15) is 5.10 Å². The summed E-state index contributed by atoms with van der Waals surface area (Å²) in [5.41, 5.74) is 0.887. The number of aryl methyl sites for hydroxylation is 1. The van der Waals surface area contributed by atoms with Gasteiger partial charge in [0, 0.05) is 17.8 Å². The number of nitrogens with zero attached hydrogens (tertiary/aromatic N) is 1. The van der Waals surface area contributed by atoms with Crippen molar-refractivity contribution in [1.82, 2.24) is 14.9 Å². The molecule has 1 unspecified atom stereocenters. The number of hydrogen-bond donors (Lipinski definition) is 3. The topological polar surface area (TPSA) is 95.1 Å². The fourth-order valence-corrected chi connectivity index (χ4v) is 2.65. The molecule has 7 heteroatoms. The summed E-state index contributed by atoms with van der Waals surface area (Å²) >= 11 is 0. The van der Waals surface area contributed by atoms with Crippen LogP contribution in [0.4, 0.5) is 0 Å². The molecule has 0 aromatic carbocycles. The zero-order valence-electron chi connectivity index (χ0n) is 10.3. The van der Waals surface area contributed by atoms with Gasteiger partial charge in [0.2, 0.25) is 0 Å². The molecule has 1 aromatic heterocycles. The Bertz CT molecular complexity index is 467. The smallest absolute Gasteiger partial charge is 0.260 e. The average Bonchev–Trinajstić information content (AvgIpc) is 2.68. The maximum Gasteiger partial charge on any atom is 0.260 e. The molecule has 17 heavy (non-hydrogen) atoms. The number of rotatable bonds is 6. The van der Waals surface area contributed by atoms with Crippen LogP contribution in [0.5, 0.6) is 0 Å². The minimum absolute atomic E-state index is 0.110. The van der Waals surface area contributed by atoms with E-state index in [2.05, 4.69) is 14.9 Å². The number of sulfonamides is 1. The molecule has 1 rings (SSSR count). The van der Waals surface area contributed by atoms with Crippen molar-refractivity contribution < 1.29 is 13.5 Å². The molecule has 3 N–H and O–H groups in total. The van der Waals surface area contributed by atoms with Gasteiger partial charge in [-0.25, -0.2) is 13.1 Å². The quantitative estimate of drug-likeness (QED) is 0.696. The molecule has 0 bridgehead atoms. The van der Waals surface area contributed by atoms with Crippen LogP contribution in [0.25, 0.3) is 0 Å². The fraction of sp³-hybridized carbons (Fsp3) is 0.700. The highest BCUT2D eigenvalue weighted by atomic mass is 32.2. The molecule has 0 amide bonds. The Morgan fingerprint density at radius 3 is 2.71 bits per heavy atom. The van der Waals surface area contributed by atoms with Crippen molar-refractivity contribution >= 4 is 10.0 Å². The highest BCUT2D eigenvalue weighted by Crippen LogP contribution is 2.16. The number of hydrogen-bond acceptors (Lipinski definition) is 4. The second-order valence-corrected chi connectivity index (χ2v) is 5.84. The van der Waals surface area contributed by atoms with Crippen LogP contribution in [0, 0.1) is 12.8 Å². The Hall–Kier alpha value is -0.920. The molecular formula is C10H19N3O3S. The zero-order chi connectivity index (χ0) is 13.1. The van der Waals surface area contributed by atoms with E-state index < -0.39 is 10.0 Å². The van der Waals surface area contributed by atoms with E-state index in [-0.39, 0.29) is 17.6 Å². The van der Waals surface area contributed by atoms with E-state index >= 15 is 0 Å². The monoisotopic (exact) mass is 261 g/mol. The van der Waals surface area contributed by atoms with E-state index in [1.54, 1.807) is 6.92 Å².